The first kappa shape index (κ1) is 18.8. The van der Waals surface area contributed by atoms with Gasteiger partial charge in [-0.1, -0.05) is 12.5 Å². The van der Waals surface area contributed by atoms with E-state index in [1.54, 1.807) is 24.4 Å². The zero-order valence-electron chi connectivity index (χ0n) is 14.9. The van der Waals surface area contributed by atoms with Crippen LogP contribution in [0, 0.1) is 5.92 Å². The van der Waals surface area contributed by atoms with E-state index in [2.05, 4.69) is 15.6 Å². The predicted octanol–water partition coefficient (Wildman–Crippen LogP) is 1.03. The summed E-state index contributed by atoms with van der Waals surface area (Å²) in [7, 11) is 0. The number of rotatable bonds is 7. The Balaban J connectivity index is 1.43. The van der Waals surface area contributed by atoms with Gasteiger partial charge in [0.05, 0.1) is 18.8 Å². The summed E-state index contributed by atoms with van der Waals surface area (Å²) in [4.78, 5) is 28.1. The topological polar surface area (TPSA) is 101 Å². The first-order valence-electron chi connectivity index (χ1n) is 9.43. The minimum Gasteiger partial charge on any atom is -0.394 e. The molecule has 0 radical (unpaired) electrons. The molecule has 1 saturated carbocycles. The number of ether oxygens (including phenoxy) is 1. The van der Waals surface area contributed by atoms with Crippen molar-refractivity contribution >= 4 is 11.8 Å². The first-order valence-corrected chi connectivity index (χ1v) is 9.43. The second kappa shape index (κ2) is 9.09. The third-order valence-electron chi connectivity index (χ3n) is 5.25. The number of hydrogen-bond donors (Lipinski definition) is 3. The molecule has 3 N–H and O–H groups in total. The highest BCUT2D eigenvalue weighted by atomic mass is 16.5. The maximum atomic E-state index is 12.2. The van der Waals surface area contributed by atoms with E-state index in [1.807, 2.05) is 0 Å². The van der Waals surface area contributed by atoms with Gasteiger partial charge in [-0.25, -0.2) is 0 Å². The fourth-order valence-corrected chi connectivity index (χ4v) is 3.42. The fraction of sp³-hybridized carbons (Fsp3) is 0.632. The van der Waals surface area contributed by atoms with Crippen LogP contribution in [-0.4, -0.2) is 53.3 Å². The van der Waals surface area contributed by atoms with Crippen LogP contribution in [0.3, 0.4) is 0 Å². The molecule has 7 nitrogen and oxygen atoms in total. The minimum atomic E-state index is -0.441. The Morgan fingerprint density at radius 3 is 2.73 bits per heavy atom. The number of carbonyl (C=O) groups excluding carboxylic acids is 2. The second-order valence-corrected chi connectivity index (χ2v) is 7.06. The van der Waals surface area contributed by atoms with Crippen molar-refractivity contribution in [2.75, 3.05) is 13.2 Å². The third kappa shape index (κ3) is 4.80. The summed E-state index contributed by atoms with van der Waals surface area (Å²) in [6.07, 6.45) is 6.48. The van der Waals surface area contributed by atoms with Crippen LogP contribution in [0.15, 0.2) is 24.4 Å². The molecule has 26 heavy (non-hydrogen) atoms. The maximum Gasteiger partial charge on any atom is 0.270 e. The van der Waals surface area contributed by atoms with Crippen LogP contribution in [0.2, 0.25) is 0 Å². The van der Waals surface area contributed by atoms with Gasteiger partial charge in [-0.2, -0.15) is 0 Å². The van der Waals surface area contributed by atoms with Crippen LogP contribution in [0.5, 0.6) is 0 Å². The van der Waals surface area contributed by atoms with Crippen LogP contribution >= 0.6 is 0 Å². The van der Waals surface area contributed by atoms with Gasteiger partial charge in [0, 0.05) is 18.7 Å². The van der Waals surface area contributed by atoms with Crippen molar-refractivity contribution in [3.05, 3.63) is 30.1 Å². The molecule has 0 spiro atoms. The summed E-state index contributed by atoms with van der Waals surface area (Å²) in [6.45, 7) is 0.432. The highest BCUT2D eigenvalue weighted by Gasteiger charge is 2.32. The number of hydrogen-bond acceptors (Lipinski definition) is 5. The van der Waals surface area contributed by atoms with Crippen molar-refractivity contribution < 1.29 is 19.4 Å². The SMILES string of the molecule is O=C(N[C@@H]1CC[C@H](CCNC(=O)C2CCC2)O[C@H]1CO)c1ccccn1. The Labute approximate surface area is 153 Å². The van der Waals surface area contributed by atoms with Crippen molar-refractivity contribution in [3.63, 3.8) is 0 Å². The van der Waals surface area contributed by atoms with Gasteiger partial charge in [0.25, 0.3) is 5.91 Å². The lowest BCUT2D eigenvalue weighted by atomic mass is 9.85. The van der Waals surface area contributed by atoms with E-state index in [0.29, 0.717) is 12.2 Å². The summed E-state index contributed by atoms with van der Waals surface area (Å²) in [5, 5.41) is 15.5. The average Bonchev–Trinajstić information content (AvgIpc) is 2.62. The summed E-state index contributed by atoms with van der Waals surface area (Å²) >= 11 is 0. The van der Waals surface area contributed by atoms with E-state index in [4.69, 9.17) is 4.74 Å². The van der Waals surface area contributed by atoms with Gasteiger partial charge < -0.3 is 20.5 Å². The molecule has 1 aromatic heterocycles. The number of aromatic nitrogens is 1. The lowest BCUT2D eigenvalue weighted by Gasteiger charge is -2.36. The summed E-state index contributed by atoms with van der Waals surface area (Å²) in [5.74, 6) is 0.0776. The normalized spacial score (nSPS) is 26.0. The molecule has 1 aliphatic heterocycles. The predicted molar refractivity (Wildman–Crippen MR) is 95.4 cm³/mol. The lowest BCUT2D eigenvalue weighted by molar-refractivity contribution is -0.127. The Bertz CT molecular complexity index is 606. The van der Waals surface area contributed by atoms with Crippen molar-refractivity contribution in [3.8, 4) is 0 Å². The number of nitrogens with zero attached hydrogens (tertiary/aromatic N) is 1. The molecule has 7 heteroatoms. The van der Waals surface area contributed by atoms with E-state index >= 15 is 0 Å². The summed E-state index contributed by atoms with van der Waals surface area (Å²) < 4.78 is 5.93. The van der Waals surface area contributed by atoms with Crippen molar-refractivity contribution in [2.24, 2.45) is 5.92 Å². The molecule has 2 heterocycles. The van der Waals surface area contributed by atoms with E-state index in [-0.39, 0.29) is 36.5 Å². The number of amides is 2. The number of aliphatic hydroxyl groups excluding tert-OH is 1. The van der Waals surface area contributed by atoms with Gasteiger partial charge in [-0.05, 0) is 44.2 Å². The Kier molecular flexibility index (Phi) is 6.57. The molecule has 1 aliphatic carbocycles. The molecule has 1 saturated heterocycles. The molecule has 1 aromatic rings. The zero-order chi connectivity index (χ0) is 18.4. The van der Waals surface area contributed by atoms with E-state index in [1.165, 1.54) is 0 Å². The van der Waals surface area contributed by atoms with Crippen LogP contribution in [0.25, 0.3) is 0 Å². The summed E-state index contributed by atoms with van der Waals surface area (Å²) in [5.41, 5.74) is 0.352. The lowest BCUT2D eigenvalue weighted by Crippen LogP contribution is -2.51. The van der Waals surface area contributed by atoms with Gasteiger partial charge >= 0.3 is 0 Å². The van der Waals surface area contributed by atoms with Crippen LogP contribution in [-0.2, 0) is 9.53 Å². The first-order chi connectivity index (χ1) is 12.7. The van der Waals surface area contributed by atoms with Gasteiger partial charge in [-0.3, -0.25) is 14.6 Å². The molecule has 142 valence electrons. The molecule has 2 fully saturated rings. The third-order valence-corrected chi connectivity index (χ3v) is 5.25. The second-order valence-electron chi connectivity index (χ2n) is 7.06. The number of pyridine rings is 1. The Hall–Kier alpha value is -1.99. The smallest absolute Gasteiger partial charge is 0.270 e. The average molecular weight is 361 g/mol. The van der Waals surface area contributed by atoms with Crippen LogP contribution in [0.4, 0.5) is 0 Å². The fourth-order valence-electron chi connectivity index (χ4n) is 3.42. The van der Waals surface area contributed by atoms with Crippen LogP contribution in [0.1, 0.15) is 49.0 Å². The zero-order valence-corrected chi connectivity index (χ0v) is 14.9. The van der Waals surface area contributed by atoms with Crippen LogP contribution < -0.4 is 10.6 Å². The van der Waals surface area contributed by atoms with E-state index in [9.17, 15) is 14.7 Å². The molecule has 2 amide bonds. The van der Waals surface area contributed by atoms with Crippen molar-refractivity contribution in [2.45, 2.75) is 56.8 Å². The molecule has 3 rings (SSSR count). The highest BCUT2D eigenvalue weighted by molar-refractivity contribution is 5.92. The van der Waals surface area contributed by atoms with Gasteiger partial charge in [0.1, 0.15) is 11.8 Å². The van der Waals surface area contributed by atoms with Crippen molar-refractivity contribution in [1.82, 2.24) is 15.6 Å². The monoisotopic (exact) mass is 361 g/mol. The van der Waals surface area contributed by atoms with Gasteiger partial charge in [-0.15, -0.1) is 0 Å². The van der Waals surface area contributed by atoms with E-state index < -0.39 is 6.10 Å². The van der Waals surface area contributed by atoms with Crippen molar-refractivity contribution in [1.29, 1.82) is 0 Å². The maximum absolute atomic E-state index is 12.2. The molecular weight excluding hydrogens is 334 g/mol. The Morgan fingerprint density at radius 1 is 1.23 bits per heavy atom. The minimum absolute atomic E-state index is 0.0168. The molecule has 3 atom stereocenters. The standard InChI is InChI=1S/C19H27N3O4/c23-12-17-15(22-19(25)16-6-1-2-10-20-16)8-7-14(26-17)9-11-21-18(24)13-4-3-5-13/h1-2,6,10,13-15,17,23H,3-5,7-9,11-12H2,(H,21,24)(H,22,25)/t14-,15-,17+/m1/s1. The summed E-state index contributed by atoms with van der Waals surface area (Å²) in [6, 6.07) is 4.93. The number of nitrogens with one attached hydrogen (secondary N) is 2. The van der Waals surface area contributed by atoms with Gasteiger partial charge in [0.2, 0.25) is 5.91 Å². The molecular formula is C19H27N3O4. The van der Waals surface area contributed by atoms with Gasteiger partial charge in [0.15, 0.2) is 0 Å². The molecule has 2 aliphatic rings. The quantitative estimate of drug-likeness (QED) is 0.673. The molecule has 0 unspecified atom stereocenters. The number of aliphatic hydroxyl groups is 1. The number of carbonyl (C=O) groups is 2. The molecule has 0 bridgehead atoms. The van der Waals surface area contributed by atoms with E-state index in [0.717, 1.165) is 38.5 Å². The highest BCUT2D eigenvalue weighted by Crippen LogP contribution is 2.26. The Morgan fingerprint density at radius 2 is 2.08 bits per heavy atom. The molecule has 0 aromatic carbocycles. The largest absolute Gasteiger partial charge is 0.394 e.